The van der Waals surface area contributed by atoms with Gasteiger partial charge < -0.3 is 5.32 Å². The molecule has 1 amide bonds. The van der Waals surface area contributed by atoms with Crippen molar-refractivity contribution < 1.29 is 17.6 Å². The van der Waals surface area contributed by atoms with Crippen LogP contribution in [-0.4, -0.2) is 31.1 Å². The molecule has 9 heteroatoms. The normalized spacial score (nSPS) is 13.9. The van der Waals surface area contributed by atoms with Crippen LogP contribution in [0.5, 0.6) is 0 Å². The number of hydrogen-bond acceptors (Lipinski definition) is 4. The van der Waals surface area contributed by atoms with Crippen LogP contribution in [0.25, 0.3) is 0 Å². The lowest BCUT2D eigenvalue weighted by Gasteiger charge is -2.22. The zero-order valence-electron chi connectivity index (χ0n) is 15.9. The van der Waals surface area contributed by atoms with Crippen molar-refractivity contribution in [1.82, 2.24) is 9.71 Å². The van der Waals surface area contributed by atoms with Crippen LogP contribution in [0.3, 0.4) is 0 Å². The van der Waals surface area contributed by atoms with Gasteiger partial charge in [-0.05, 0) is 50.6 Å². The maximum absolute atomic E-state index is 14.9. The minimum absolute atomic E-state index is 0.310. The van der Waals surface area contributed by atoms with Crippen molar-refractivity contribution in [3.05, 3.63) is 59.4 Å². The molecule has 0 aliphatic heterocycles. The molecule has 1 heterocycles. The van der Waals surface area contributed by atoms with E-state index in [9.17, 15) is 17.6 Å². The van der Waals surface area contributed by atoms with Gasteiger partial charge >= 0.3 is 0 Å². The molecule has 0 saturated heterocycles. The summed E-state index contributed by atoms with van der Waals surface area (Å²) in [7, 11) is -3.55. The van der Waals surface area contributed by atoms with Crippen LogP contribution in [0.15, 0.2) is 42.6 Å². The summed E-state index contributed by atoms with van der Waals surface area (Å²) in [6.07, 6.45) is 1.51. The minimum Gasteiger partial charge on any atom is -0.322 e. The Morgan fingerprint density at radius 2 is 1.86 bits per heavy atom. The van der Waals surface area contributed by atoms with Crippen LogP contribution < -0.4 is 10.0 Å². The largest absolute Gasteiger partial charge is 0.322 e. The summed E-state index contributed by atoms with van der Waals surface area (Å²) >= 11 is 2.19. The summed E-state index contributed by atoms with van der Waals surface area (Å²) in [5.41, 5.74) is 0.243. The van der Waals surface area contributed by atoms with Gasteiger partial charge in [0.1, 0.15) is 5.67 Å². The molecule has 0 aliphatic rings. The lowest BCUT2D eigenvalue weighted by Crippen LogP contribution is -2.39. The second-order valence-corrected chi connectivity index (χ2v) is 9.90. The van der Waals surface area contributed by atoms with Crippen molar-refractivity contribution in [2.24, 2.45) is 0 Å². The fourth-order valence-electron chi connectivity index (χ4n) is 2.25. The maximum atomic E-state index is 14.9. The van der Waals surface area contributed by atoms with Gasteiger partial charge in [0.2, 0.25) is 10.0 Å². The number of alkyl halides is 2. The molecule has 0 saturated carbocycles. The molecule has 1 aromatic heterocycles. The van der Waals surface area contributed by atoms with E-state index in [1.165, 1.54) is 39.1 Å². The molecule has 1 aromatic carbocycles. The number of halogens is 2. The molecule has 0 fully saturated rings. The third-order valence-corrected chi connectivity index (χ3v) is 6.76. The molecule has 0 bridgehead atoms. The Morgan fingerprint density at radius 1 is 1.21 bits per heavy atom. The van der Waals surface area contributed by atoms with Crippen molar-refractivity contribution in [3.63, 3.8) is 0 Å². The van der Waals surface area contributed by atoms with E-state index >= 15 is 0 Å². The highest BCUT2D eigenvalue weighted by Gasteiger charge is 2.29. The topological polar surface area (TPSA) is 88.2 Å². The van der Waals surface area contributed by atoms with Gasteiger partial charge in [0.05, 0.1) is 16.5 Å². The van der Waals surface area contributed by atoms with E-state index in [1.54, 1.807) is 24.3 Å². The summed E-state index contributed by atoms with van der Waals surface area (Å²) < 4.78 is 41.6. The van der Waals surface area contributed by atoms with E-state index in [4.69, 9.17) is 0 Å². The molecular formula is C19H23FIN3O3S. The number of benzene rings is 1. The smallest absolute Gasteiger partial charge is 0.257 e. The highest BCUT2D eigenvalue weighted by Crippen LogP contribution is 2.26. The molecule has 0 spiro atoms. The van der Waals surface area contributed by atoms with Gasteiger partial charge in [-0.1, -0.05) is 34.7 Å². The predicted octanol–water partition coefficient (Wildman–Crippen LogP) is 3.78. The van der Waals surface area contributed by atoms with Crippen molar-refractivity contribution in [2.45, 2.75) is 36.1 Å². The highest BCUT2D eigenvalue weighted by atomic mass is 127. The first kappa shape index (κ1) is 22.7. The van der Waals surface area contributed by atoms with Crippen molar-refractivity contribution in [3.8, 4) is 0 Å². The van der Waals surface area contributed by atoms with E-state index in [1.807, 2.05) is 0 Å². The number of rotatable bonds is 8. The van der Waals surface area contributed by atoms with Gasteiger partial charge in [-0.3, -0.25) is 9.78 Å². The monoisotopic (exact) mass is 519 g/mol. The first-order valence-corrected chi connectivity index (χ1v) is 11.7. The second-order valence-electron chi connectivity index (χ2n) is 6.82. The Labute approximate surface area is 178 Å². The Balaban J connectivity index is 2.04. The molecule has 0 radical (unpaired) electrons. The number of aromatic nitrogens is 1. The molecule has 1 unspecified atom stereocenters. The molecule has 28 heavy (non-hydrogen) atoms. The molecule has 152 valence electrons. The van der Waals surface area contributed by atoms with Crippen molar-refractivity contribution in [1.29, 1.82) is 0 Å². The zero-order valence-corrected chi connectivity index (χ0v) is 18.8. The average molecular weight is 519 g/mol. The van der Waals surface area contributed by atoms with Gasteiger partial charge in [0.25, 0.3) is 5.91 Å². The van der Waals surface area contributed by atoms with E-state index in [0.717, 1.165) is 10.1 Å². The summed E-state index contributed by atoms with van der Waals surface area (Å²) in [5.74, 6) is -0.312. The fraction of sp³-hybridized carbons (Fsp3) is 0.368. The van der Waals surface area contributed by atoms with Crippen LogP contribution >= 0.6 is 22.6 Å². The Bertz CT molecular complexity index is 914. The van der Waals surface area contributed by atoms with Crippen LogP contribution in [-0.2, 0) is 20.1 Å². The highest BCUT2D eigenvalue weighted by molar-refractivity contribution is 14.1. The number of carbonyl (C=O) groups is 1. The SMILES string of the molecule is CC(C)S(=O)(=O)NCC(C)(F)c1ccc(NC(=O)c2ccc(CI)nc2)cc1. The summed E-state index contributed by atoms with van der Waals surface area (Å²) in [6.45, 7) is 4.00. The molecule has 2 aromatic rings. The number of sulfonamides is 1. The van der Waals surface area contributed by atoms with E-state index in [-0.39, 0.29) is 12.5 Å². The molecule has 2 N–H and O–H groups in total. The summed E-state index contributed by atoms with van der Waals surface area (Å²) in [4.78, 5) is 16.5. The number of hydrogen-bond donors (Lipinski definition) is 2. The number of carbonyl (C=O) groups excluding carboxylic acids is 1. The van der Waals surface area contributed by atoms with Gasteiger partial charge in [-0.15, -0.1) is 0 Å². The quantitative estimate of drug-likeness (QED) is 0.411. The second kappa shape index (κ2) is 9.27. The lowest BCUT2D eigenvalue weighted by molar-refractivity contribution is 0.102. The first-order chi connectivity index (χ1) is 13.0. The van der Waals surface area contributed by atoms with Crippen LogP contribution in [0, 0.1) is 0 Å². The van der Waals surface area contributed by atoms with Crippen LogP contribution in [0.2, 0.25) is 0 Å². The molecular weight excluding hydrogens is 496 g/mol. The van der Waals surface area contributed by atoms with E-state index in [0.29, 0.717) is 16.8 Å². The maximum Gasteiger partial charge on any atom is 0.257 e. The summed E-state index contributed by atoms with van der Waals surface area (Å²) in [6, 6.07) is 9.69. The van der Waals surface area contributed by atoms with E-state index < -0.39 is 20.9 Å². The zero-order chi connectivity index (χ0) is 20.9. The number of pyridine rings is 1. The van der Waals surface area contributed by atoms with Crippen molar-refractivity contribution in [2.75, 3.05) is 11.9 Å². The number of nitrogens with one attached hydrogen (secondary N) is 2. The number of amides is 1. The number of nitrogens with zero attached hydrogens (tertiary/aromatic N) is 1. The van der Waals surface area contributed by atoms with Crippen molar-refractivity contribution >= 4 is 44.2 Å². The average Bonchev–Trinajstić information content (AvgIpc) is 2.67. The van der Waals surface area contributed by atoms with Gasteiger partial charge in [0.15, 0.2) is 0 Å². The van der Waals surface area contributed by atoms with Crippen LogP contribution in [0.1, 0.15) is 42.4 Å². The van der Waals surface area contributed by atoms with Gasteiger partial charge in [-0.25, -0.2) is 17.5 Å². The lowest BCUT2D eigenvalue weighted by atomic mass is 9.98. The van der Waals surface area contributed by atoms with Gasteiger partial charge in [0, 0.05) is 22.9 Å². The molecule has 2 rings (SSSR count). The van der Waals surface area contributed by atoms with E-state index in [2.05, 4.69) is 37.6 Å². The molecule has 1 atom stereocenters. The Morgan fingerprint density at radius 3 is 2.36 bits per heavy atom. The standard InChI is InChI=1S/C19H23FIN3O3S/c1-13(2)28(26,27)23-12-19(3,20)15-5-8-16(9-6-15)24-18(25)14-4-7-17(10-21)22-11-14/h4-9,11,13,23H,10,12H2,1-3H3,(H,24,25). The van der Waals surface area contributed by atoms with Gasteiger partial charge in [-0.2, -0.15) is 0 Å². The minimum atomic E-state index is -3.55. The third-order valence-electron chi connectivity index (χ3n) is 4.19. The fourth-order valence-corrected chi connectivity index (χ4v) is 3.50. The first-order valence-electron chi connectivity index (χ1n) is 8.65. The molecule has 6 nitrogen and oxygen atoms in total. The van der Waals surface area contributed by atoms with Crippen LogP contribution in [0.4, 0.5) is 10.1 Å². The Kier molecular flexibility index (Phi) is 7.52. The summed E-state index contributed by atoms with van der Waals surface area (Å²) in [5, 5.41) is 2.09. The predicted molar refractivity (Wildman–Crippen MR) is 117 cm³/mol. The third kappa shape index (κ3) is 5.95. The molecule has 0 aliphatic carbocycles. The Hall–Kier alpha value is -1.59. The number of anilines is 1.